The van der Waals surface area contributed by atoms with Crippen molar-refractivity contribution in [3.63, 3.8) is 0 Å². The average Bonchev–Trinajstić information content (AvgIpc) is 2.54. The highest BCUT2D eigenvalue weighted by atomic mass is 19.2. The van der Waals surface area contributed by atoms with Crippen LogP contribution in [0, 0.1) is 39.2 Å². The number of anilines is 1. The highest BCUT2D eigenvalue weighted by Gasteiger charge is 2.29. The summed E-state index contributed by atoms with van der Waals surface area (Å²) in [5.41, 5.74) is 3.81. The molecule has 0 saturated heterocycles. The summed E-state index contributed by atoms with van der Waals surface area (Å²) >= 11 is 0. The Balaban J connectivity index is 2.47. The molecule has 24 heavy (non-hydrogen) atoms. The predicted molar refractivity (Wildman–Crippen MR) is 68.7 cm³/mol. The first kappa shape index (κ1) is 17.1. The molecule has 2 aromatic rings. The highest BCUT2D eigenvalue weighted by Crippen LogP contribution is 2.30. The summed E-state index contributed by atoms with van der Waals surface area (Å²) < 4.78 is 70.0. The summed E-state index contributed by atoms with van der Waals surface area (Å²) in [5, 5.41) is 10.7. The number of nitro groups is 1. The number of esters is 1. The maximum absolute atomic E-state index is 13.4. The number of hydrogen-bond acceptors (Lipinski definition) is 5. The van der Waals surface area contributed by atoms with Crippen LogP contribution in [0.2, 0.25) is 0 Å². The zero-order chi connectivity index (χ0) is 18.2. The molecule has 0 amide bonds. The normalized spacial score (nSPS) is 10.5. The standard InChI is InChI=1S/C13H5F5N2O4/c14-7-8(15)10(17)12(11(18)9(7)16)24-13(21)4-1-5(19)3-6(2-4)20(22)23/h1-3H,19H2. The van der Waals surface area contributed by atoms with Gasteiger partial charge < -0.3 is 10.5 Å². The second kappa shape index (κ2) is 6.10. The minimum Gasteiger partial charge on any atom is -0.416 e. The lowest BCUT2D eigenvalue weighted by atomic mass is 10.2. The molecule has 0 aliphatic carbocycles. The molecule has 11 heteroatoms. The van der Waals surface area contributed by atoms with E-state index < -0.39 is 57.0 Å². The topological polar surface area (TPSA) is 95.5 Å². The summed E-state index contributed by atoms with van der Waals surface area (Å²) in [6.45, 7) is 0. The van der Waals surface area contributed by atoms with Crippen molar-refractivity contribution >= 4 is 17.3 Å². The Kier molecular flexibility index (Phi) is 4.35. The minimum atomic E-state index is -2.43. The molecule has 0 heterocycles. The number of carbonyl (C=O) groups is 1. The van der Waals surface area contributed by atoms with Crippen molar-refractivity contribution in [2.24, 2.45) is 0 Å². The number of nitrogens with two attached hydrogens (primary N) is 1. The van der Waals surface area contributed by atoms with Gasteiger partial charge in [-0.3, -0.25) is 10.1 Å². The van der Waals surface area contributed by atoms with Crippen LogP contribution in [0.1, 0.15) is 10.4 Å². The largest absolute Gasteiger partial charge is 0.416 e. The zero-order valence-electron chi connectivity index (χ0n) is 11.3. The number of nitro benzene ring substituents is 1. The third-order valence-electron chi connectivity index (χ3n) is 2.75. The van der Waals surface area contributed by atoms with Crippen LogP contribution >= 0.6 is 0 Å². The van der Waals surface area contributed by atoms with Crippen LogP contribution in [0.4, 0.5) is 33.3 Å². The number of benzene rings is 2. The van der Waals surface area contributed by atoms with Crippen LogP contribution in [-0.2, 0) is 0 Å². The summed E-state index contributed by atoms with van der Waals surface area (Å²) in [6, 6.07) is 2.40. The Labute approximate surface area is 129 Å². The maximum Gasteiger partial charge on any atom is 0.344 e. The van der Waals surface area contributed by atoms with Crippen LogP contribution in [0.25, 0.3) is 0 Å². The van der Waals surface area contributed by atoms with E-state index in [1.54, 1.807) is 0 Å². The van der Waals surface area contributed by atoms with Gasteiger partial charge in [0.25, 0.3) is 5.69 Å². The van der Waals surface area contributed by atoms with Gasteiger partial charge in [-0.25, -0.2) is 18.0 Å². The van der Waals surface area contributed by atoms with E-state index >= 15 is 0 Å². The van der Waals surface area contributed by atoms with Crippen LogP contribution in [0.3, 0.4) is 0 Å². The zero-order valence-corrected chi connectivity index (χ0v) is 11.3. The van der Waals surface area contributed by atoms with Gasteiger partial charge >= 0.3 is 5.97 Å². The van der Waals surface area contributed by atoms with Crippen LogP contribution in [0.15, 0.2) is 18.2 Å². The van der Waals surface area contributed by atoms with Gasteiger partial charge in [0.2, 0.25) is 34.8 Å². The van der Waals surface area contributed by atoms with Crippen molar-refractivity contribution in [2.75, 3.05) is 5.73 Å². The van der Waals surface area contributed by atoms with Gasteiger partial charge in [0, 0.05) is 17.8 Å². The van der Waals surface area contributed by atoms with Gasteiger partial charge in [0.1, 0.15) is 0 Å². The predicted octanol–water partition coefficient (Wildman–Crippen LogP) is 3.09. The molecule has 0 aliphatic rings. The fourth-order valence-electron chi connectivity index (χ4n) is 1.68. The molecule has 0 spiro atoms. The third-order valence-corrected chi connectivity index (χ3v) is 2.75. The monoisotopic (exact) mass is 348 g/mol. The van der Waals surface area contributed by atoms with Gasteiger partial charge in [-0.1, -0.05) is 0 Å². The Morgan fingerprint density at radius 2 is 1.46 bits per heavy atom. The first-order valence-electron chi connectivity index (χ1n) is 5.92. The summed E-state index contributed by atoms with van der Waals surface area (Å²) in [6.07, 6.45) is 0. The molecule has 0 aliphatic heterocycles. The lowest BCUT2D eigenvalue weighted by molar-refractivity contribution is -0.384. The molecule has 6 nitrogen and oxygen atoms in total. The number of nitrogen functional groups attached to an aromatic ring is 1. The lowest BCUT2D eigenvalue weighted by Crippen LogP contribution is -2.14. The highest BCUT2D eigenvalue weighted by molar-refractivity contribution is 5.93. The molecular weight excluding hydrogens is 343 g/mol. The molecule has 126 valence electrons. The number of ether oxygens (including phenoxy) is 1. The van der Waals surface area contributed by atoms with Gasteiger partial charge in [-0.15, -0.1) is 0 Å². The number of non-ortho nitro benzene ring substituents is 1. The van der Waals surface area contributed by atoms with E-state index in [1.807, 2.05) is 0 Å². The van der Waals surface area contributed by atoms with E-state index in [0.29, 0.717) is 6.07 Å². The first-order valence-corrected chi connectivity index (χ1v) is 5.92. The molecule has 0 unspecified atom stereocenters. The molecule has 0 bridgehead atoms. The molecule has 0 saturated carbocycles. The molecule has 2 N–H and O–H groups in total. The summed E-state index contributed by atoms with van der Waals surface area (Å²) in [4.78, 5) is 21.5. The smallest absolute Gasteiger partial charge is 0.344 e. The Morgan fingerprint density at radius 3 is 1.96 bits per heavy atom. The molecule has 2 aromatic carbocycles. The molecule has 0 atom stereocenters. The average molecular weight is 348 g/mol. The summed E-state index contributed by atoms with van der Waals surface area (Å²) in [5.74, 6) is -15.2. The van der Waals surface area contributed by atoms with E-state index in [-0.39, 0.29) is 5.69 Å². The van der Waals surface area contributed by atoms with E-state index in [0.717, 1.165) is 12.1 Å². The van der Waals surface area contributed by atoms with Crippen LogP contribution < -0.4 is 10.5 Å². The first-order chi connectivity index (χ1) is 11.1. The second-order valence-electron chi connectivity index (χ2n) is 4.36. The van der Waals surface area contributed by atoms with Gasteiger partial charge in [-0.05, 0) is 6.07 Å². The fourth-order valence-corrected chi connectivity index (χ4v) is 1.68. The number of nitrogens with zero attached hydrogens (tertiary/aromatic N) is 1. The van der Waals surface area contributed by atoms with Crippen LogP contribution in [-0.4, -0.2) is 10.9 Å². The number of halogens is 5. The van der Waals surface area contributed by atoms with Crippen molar-refractivity contribution in [3.8, 4) is 5.75 Å². The molecule has 2 rings (SSSR count). The number of hydrogen-bond donors (Lipinski definition) is 1. The molecule has 0 aromatic heterocycles. The van der Waals surface area contributed by atoms with Gasteiger partial charge in [0.05, 0.1) is 10.5 Å². The van der Waals surface area contributed by atoms with E-state index in [9.17, 15) is 36.9 Å². The Hall–Kier alpha value is -3.24. The van der Waals surface area contributed by atoms with Crippen molar-refractivity contribution in [3.05, 3.63) is 63.0 Å². The van der Waals surface area contributed by atoms with Crippen LogP contribution in [0.5, 0.6) is 5.75 Å². The summed E-state index contributed by atoms with van der Waals surface area (Å²) in [7, 11) is 0. The Morgan fingerprint density at radius 1 is 0.958 bits per heavy atom. The second-order valence-corrected chi connectivity index (χ2v) is 4.36. The quantitative estimate of drug-likeness (QED) is 0.134. The van der Waals surface area contributed by atoms with Gasteiger partial charge in [0.15, 0.2) is 0 Å². The molecule has 0 radical (unpaired) electrons. The van der Waals surface area contributed by atoms with Crippen molar-refractivity contribution < 1.29 is 36.4 Å². The van der Waals surface area contributed by atoms with E-state index in [1.165, 1.54) is 0 Å². The van der Waals surface area contributed by atoms with E-state index in [2.05, 4.69) is 4.74 Å². The Bertz CT molecular complexity index is 843. The van der Waals surface area contributed by atoms with Crippen molar-refractivity contribution in [1.82, 2.24) is 0 Å². The van der Waals surface area contributed by atoms with Gasteiger partial charge in [-0.2, -0.15) is 8.78 Å². The SMILES string of the molecule is Nc1cc(C(=O)Oc2c(F)c(F)c(F)c(F)c2F)cc([N+](=O)[O-])c1. The minimum absolute atomic E-state index is 0.256. The maximum atomic E-state index is 13.4. The number of rotatable bonds is 3. The molecular formula is C13H5F5N2O4. The molecule has 0 fully saturated rings. The fraction of sp³-hybridized carbons (Fsp3) is 0. The van der Waals surface area contributed by atoms with Crippen molar-refractivity contribution in [2.45, 2.75) is 0 Å². The number of carbonyl (C=O) groups excluding carboxylic acids is 1. The van der Waals surface area contributed by atoms with Crippen molar-refractivity contribution in [1.29, 1.82) is 0 Å². The third kappa shape index (κ3) is 2.95. The van der Waals surface area contributed by atoms with E-state index in [4.69, 9.17) is 5.73 Å². The lowest BCUT2D eigenvalue weighted by Gasteiger charge is -2.09.